The molecule has 2 fully saturated rings. The maximum absolute atomic E-state index is 12.3. The predicted octanol–water partition coefficient (Wildman–Crippen LogP) is 2.97. The molecule has 1 unspecified atom stereocenters. The molecule has 1 aliphatic carbocycles. The van der Waals surface area contributed by atoms with E-state index >= 15 is 0 Å². The summed E-state index contributed by atoms with van der Waals surface area (Å²) in [4.78, 5) is 14.4. The molecule has 0 aromatic rings. The molecular formula is C15H29ClN2O. The molecule has 0 aromatic carbocycles. The van der Waals surface area contributed by atoms with Gasteiger partial charge in [0, 0.05) is 19.5 Å². The van der Waals surface area contributed by atoms with E-state index in [2.05, 4.69) is 11.8 Å². The summed E-state index contributed by atoms with van der Waals surface area (Å²) in [7, 11) is 0. The van der Waals surface area contributed by atoms with Crippen LogP contribution >= 0.6 is 12.4 Å². The Kier molecular flexibility index (Phi) is 6.61. The maximum Gasteiger partial charge on any atom is 0.222 e. The molecule has 19 heavy (non-hydrogen) atoms. The molecule has 0 spiro atoms. The van der Waals surface area contributed by atoms with E-state index < -0.39 is 0 Å². The monoisotopic (exact) mass is 288 g/mol. The summed E-state index contributed by atoms with van der Waals surface area (Å²) in [5.74, 6) is 1.02. The molecular weight excluding hydrogens is 260 g/mol. The van der Waals surface area contributed by atoms with Crippen molar-refractivity contribution < 1.29 is 4.79 Å². The van der Waals surface area contributed by atoms with Gasteiger partial charge < -0.3 is 10.6 Å². The van der Waals surface area contributed by atoms with Gasteiger partial charge in [-0.1, -0.05) is 32.6 Å². The summed E-state index contributed by atoms with van der Waals surface area (Å²) in [6.45, 7) is 4.68. The zero-order valence-corrected chi connectivity index (χ0v) is 13.0. The summed E-state index contributed by atoms with van der Waals surface area (Å²) in [6.07, 6.45) is 9.72. The Hall–Kier alpha value is -0.280. The van der Waals surface area contributed by atoms with Crippen molar-refractivity contribution in [1.82, 2.24) is 4.90 Å². The van der Waals surface area contributed by atoms with Gasteiger partial charge >= 0.3 is 0 Å². The highest BCUT2D eigenvalue weighted by atomic mass is 35.5. The number of hydrogen-bond acceptors (Lipinski definition) is 2. The molecule has 1 atom stereocenters. The van der Waals surface area contributed by atoms with E-state index in [9.17, 15) is 4.79 Å². The van der Waals surface area contributed by atoms with E-state index in [1.54, 1.807) is 0 Å². The average Bonchev–Trinajstić information content (AvgIpc) is 2.59. The van der Waals surface area contributed by atoms with Crippen molar-refractivity contribution in [1.29, 1.82) is 0 Å². The number of carbonyl (C=O) groups is 1. The van der Waals surface area contributed by atoms with Crippen molar-refractivity contribution in [3.8, 4) is 0 Å². The molecule has 0 radical (unpaired) electrons. The first-order valence-corrected chi connectivity index (χ1v) is 7.61. The van der Waals surface area contributed by atoms with Crippen LogP contribution in [-0.2, 0) is 4.79 Å². The molecule has 2 rings (SSSR count). The summed E-state index contributed by atoms with van der Waals surface area (Å²) in [5.41, 5.74) is 5.96. The predicted molar refractivity (Wildman–Crippen MR) is 81.4 cm³/mol. The van der Waals surface area contributed by atoms with Gasteiger partial charge in [0.15, 0.2) is 0 Å². The van der Waals surface area contributed by atoms with Crippen LogP contribution in [0.1, 0.15) is 58.3 Å². The highest BCUT2D eigenvalue weighted by Gasteiger charge is 2.35. The van der Waals surface area contributed by atoms with Crippen LogP contribution in [0.2, 0.25) is 0 Å². The molecule has 1 saturated heterocycles. The first-order chi connectivity index (χ1) is 8.63. The van der Waals surface area contributed by atoms with Gasteiger partial charge in [-0.15, -0.1) is 12.4 Å². The fourth-order valence-corrected chi connectivity index (χ4v) is 3.35. The van der Waals surface area contributed by atoms with Crippen molar-refractivity contribution in [2.75, 3.05) is 19.6 Å². The van der Waals surface area contributed by atoms with Crippen molar-refractivity contribution in [3.05, 3.63) is 0 Å². The minimum atomic E-state index is 0. The number of nitrogens with two attached hydrogens (primary N) is 1. The molecule has 3 nitrogen and oxygen atoms in total. The number of hydrogen-bond donors (Lipinski definition) is 1. The van der Waals surface area contributed by atoms with E-state index in [-0.39, 0.29) is 17.8 Å². The van der Waals surface area contributed by atoms with Crippen LogP contribution in [0.3, 0.4) is 0 Å². The SMILES string of the molecule is CC1(CN)CCN(C(=O)CC2CCCCCC2)C1.Cl. The number of amides is 1. The summed E-state index contributed by atoms with van der Waals surface area (Å²) in [5, 5.41) is 0. The van der Waals surface area contributed by atoms with Gasteiger partial charge in [0.05, 0.1) is 0 Å². The van der Waals surface area contributed by atoms with E-state index in [4.69, 9.17) is 5.73 Å². The minimum Gasteiger partial charge on any atom is -0.342 e. The van der Waals surface area contributed by atoms with Crippen LogP contribution in [0.25, 0.3) is 0 Å². The highest BCUT2D eigenvalue weighted by Crippen LogP contribution is 2.31. The van der Waals surface area contributed by atoms with Crippen molar-refractivity contribution in [3.63, 3.8) is 0 Å². The second-order valence-electron chi connectivity index (χ2n) is 6.64. The Morgan fingerprint density at radius 1 is 1.26 bits per heavy atom. The highest BCUT2D eigenvalue weighted by molar-refractivity contribution is 5.85. The Morgan fingerprint density at radius 3 is 2.42 bits per heavy atom. The molecule has 112 valence electrons. The van der Waals surface area contributed by atoms with Gasteiger partial charge in [0.2, 0.25) is 5.91 Å². The lowest BCUT2D eigenvalue weighted by molar-refractivity contribution is -0.131. The average molecular weight is 289 g/mol. The largest absolute Gasteiger partial charge is 0.342 e. The fourth-order valence-electron chi connectivity index (χ4n) is 3.35. The standard InChI is InChI=1S/C15H28N2O.ClH/c1-15(11-16)8-9-17(12-15)14(18)10-13-6-4-2-3-5-7-13;/h13H,2-12,16H2,1H3;1H. The van der Waals surface area contributed by atoms with Gasteiger partial charge in [-0.3, -0.25) is 4.79 Å². The summed E-state index contributed by atoms with van der Waals surface area (Å²) < 4.78 is 0. The third kappa shape index (κ3) is 4.64. The fraction of sp³-hybridized carbons (Fsp3) is 0.933. The van der Waals surface area contributed by atoms with E-state index in [0.717, 1.165) is 25.9 Å². The van der Waals surface area contributed by atoms with Crippen LogP contribution in [0.4, 0.5) is 0 Å². The minimum absolute atomic E-state index is 0. The molecule has 2 aliphatic rings. The van der Waals surface area contributed by atoms with Crippen molar-refractivity contribution in [2.45, 2.75) is 58.3 Å². The normalized spacial score (nSPS) is 28.8. The van der Waals surface area contributed by atoms with Crippen LogP contribution in [0.5, 0.6) is 0 Å². The van der Waals surface area contributed by atoms with Gasteiger partial charge in [0.25, 0.3) is 0 Å². The van der Waals surface area contributed by atoms with Gasteiger partial charge in [-0.05, 0) is 37.1 Å². The van der Waals surface area contributed by atoms with Crippen molar-refractivity contribution in [2.24, 2.45) is 17.1 Å². The van der Waals surface area contributed by atoms with Crippen LogP contribution in [-0.4, -0.2) is 30.4 Å². The van der Waals surface area contributed by atoms with Gasteiger partial charge in [0.1, 0.15) is 0 Å². The quantitative estimate of drug-likeness (QED) is 0.812. The van der Waals surface area contributed by atoms with E-state index in [1.807, 2.05) is 0 Å². The number of likely N-dealkylation sites (tertiary alicyclic amines) is 1. The van der Waals surface area contributed by atoms with E-state index in [0.29, 0.717) is 18.4 Å². The van der Waals surface area contributed by atoms with Crippen LogP contribution in [0.15, 0.2) is 0 Å². The zero-order valence-electron chi connectivity index (χ0n) is 12.2. The summed E-state index contributed by atoms with van der Waals surface area (Å²) >= 11 is 0. The molecule has 1 aliphatic heterocycles. The van der Waals surface area contributed by atoms with Gasteiger partial charge in [-0.25, -0.2) is 0 Å². The Labute approximate surface area is 123 Å². The second-order valence-corrected chi connectivity index (χ2v) is 6.64. The number of rotatable bonds is 3. The Morgan fingerprint density at radius 2 is 1.89 bits per heavy atom. The Balaban J connectivity index is 0.00000180. The maximum atomic E-state index is 12.3. The Bertz CT molecular complexity index is 290. The lowest BCUT2D eigenvalue weighted by Crippen LogP contribution is -2.35. The van der Waals surface area contributed by atoms with E-state index in [1.165, 1.54) is 38.5 Å². The van der Waals surface area contributed by atoms with Gasteiger partial charge in [-0.2, -0.15) is 0 Å². The molecule has 1 heterocycles. The third-order valence-corrected chi connectivity index (χ3v) is 4.84. The third-order valence-electron chi connectivity index (χ3n) is 4.84. The van der Waals surface area contributed by atoms with Crippen LogP contribution < -0.4 is 5.73 Å². The topological polar surface area (TPSA) is 46.3 Å². The molecule has 0 bridgehead atoms. The molecule has 1 saturated carbocycles. The molecule has 4 heteroatoms. The number of nitrogens with zero attached hydrogens (tertiary/aromatic N) is 1. The lowest BCUT2D eigenvalue weighted by atomic mass is 9.90. The summed E-state index contributed by atoms with van der Waals surface area (Å²) in [6, 6.07) is 0. The molecule has 1 amide bonds. The molecule has 2 N–H and O–H groups in total. The van der Waals surface area contributed by atoms with Crippen molar-refractivity contribution >= 4 is 18.3 Å². The first-order valence-electron chi connectivity index (χ1n) is 7.61. The number of carbonyl (C=O) groups excluding carboxylic acids is 1. The smallest absolute Gasteiger partial charge is 0.222 e. The first kappa shape index (κ1) is 16.8. The van der Waals surface area contributed by atoms with Crippen LogP contribution in [0, 0.1) is 11.3 Å². The number of halogens is 1. The zero-order chi connectivity index (χ0) is 13.0. The molecule has 0 aromatic heterocycles. The lowest BCUT2D eigenvalue weighted by Gasteiger charge is -2.24. The second kappa shape index (κ2) is 7.49.